The lowest BCUT2D eigenvalue weighted by molar-refractivity contribution is -0.0241. The molecule has 2 heterocycles. The lowest BCUT2D eigenvalue weighted by atomic mass is 9.71. The van der Waals surface area contributed by atoms with Gasteiger partial charge in [0.1, 0.15) is 5.82 Å². The highest BCUT2D eigenvalue weighted by molar-refractivity contribution is 6.03. The lowest BCUT2D eigenvalue weighted by Crippen LogP contribution is -2.71. The summed E-state index contributed by atoms with van der Waals surface area (Å²) >= 11 is 0. The van der Waals surface area contributed by atoms with Crippen LogP contribution in [-0.2, 0) is 0 Å². The summed E-state index contributed by atoms with van der Waals surface area (Å²) < 4.78 is 13.2. The number of carbonyl (C=O) groups excluding carboxylic acids is 2. The normalized spacial score (nSPS) is 21.2. The molecule has 0 bridgehead atoms. The molecule has 0 aliphatic carbocycles. The van der Waals surface area contributed by atoms with Gasteiger partial charge in [-0.25, -0.2) is 9.18 Å². The van der Waals surface area contributed by atoms with Gasteiger partial charge in [0.05, 0.1) is 18.7 Å². The van der Waals surface area contributed by atoms with E-state index < -0.39 is 0 Å². The Morgan fingerprint density at radius 3 is 2.38 bits per heavy atom. The smallest absolute Gasteiger partial charge is 0.326 e. The monoisotopic (exact) mass is 431 g/mol. The van der Waals surface area contributed by atoms with Gasteiger partial charge < -0.3 is 15.3 Å². The summed E-state index contributed by atoms with van der Waals surface area (Å²) in [6.45, 7) is 0.139. The van der Waals surface area contributed by atoms with Crippen molar-refractivity contribution in [3.63, 3.8) is 0 Å². The number of likely N-dealkylation sites (tertiary alicyclic amines) is 1. The molecule has 1 saturated heterocycles. The Kier molecular flexibility index (Phi) is 5.11. The number of carbonyl (C=O) groups is 2. The van der Waals surface area contributed by atoms with Crippen LogP contribution in [0.5, 0.6) is 0 Å². The minimum atomic E-state index is -0.381. The second-order valence-corrected chi connectivity index (χ2v) is 8.03. The molecule has 2 aliphatic heterocycles. The van der Waals surface area contributed by atoms with Crippen LogP contribution in [0, 0.1) is 5.82 Å². The third-order valence-corrected chi connectivity index (χ3v) is 6.28. The van der Waals surface area contributed by atoms with E-state index in [2.05, 4.69) is 5.32 Å². The van der Waals surface area contributed by atoms with Crippen LogP contribution in [0.3, 0.4) is 0 Å². The van der Waals surface area contributed by atoms with Gasteiger partial charge in [0.25, 0.3) is 5.91 Å². The molecule has 0 unspecified atom stereocenters. The highest BCUT2D eigenvalue weighted by Gasteiger charge is 2.55. The zero-order valence-electron chi connectivity index (χ0n) is 17.2. The summed E-state index contributed by atoms with van der Waals surface area (Å²) in [6, 6.07) is 21.1. The number of hydrogen-bond donors (Lipinski definition) is 2. The first-order valence-corrected chi connectivity index (χ1v) is 10.5. The predicted octanol–water partition coefficient (Wildman–Crippen LogP) is 3.85. The van der Waals surface area contributed by atoms with Gasteiger partial charge in [0.15, 0.2) is 0 Å². The number of halogens is 1. The van der Waals surface area contributed by atoms with Crippen molar-refractivity contribution in [1.29, 1.82) is 0 Å². The van der Waals surface area contributed by atoms with E-state index in [0.717, 1.165) is 11.3 Å². The van der Waals surface area contributed by atoms with Crippen molar-refractivity contribution in [2.45, 2.75) is 18.0 Å². The Bertz CT molecular complexity index is 1150. The molecule has 3 amide bonds. The Balaban J connectivity index is 1.46. The number of fused-ring (bicyclic) bond motifs is 3. The van der Waals surface area contributed by atoms with Gasteiger partial charge in [0.2, 0.25) is 0 Å². The summed E-state index contributed by atoms with van der Waals surface area (Å²) in [6.07, 6.45) is 0. The minimum Gasteiger partial charge on any atom is -0.394 e. The van der Waals surface area contributed by atoms with E-state index in [0.29, 0.717) is 17.8 Å². The first-order valence-electron chi connectivity index (χ1n) is 10.5. The number of rotatable bonds is 3. The van der Waals surface area contributed by atoms with Gasteiger partial charge in [-0.1, -0.05) is 36.4 Å². The van der Waals surface area contributed by atoms with E-state index in [1.807, 2.05) is 30.3 Å². The number of aliphatic hydroxyl groups is 1. The van der Waals surface area contributed by atoms with Crippen LogP contribution < -0.4 is 10.2 Å². The van der Waals surface area contributed by atoms with Crippen molar-refractivity contribution >= 4 is 23.3 Å². The first kappa shape index (κ1) is 20.2. The molecule has 6 nitrogen and oxygen atoms in total. The number of nitrogens with one attached hydrogen (secondary N) is 1. The number of benzene rings is 3. The van der Waals surface area contributed by atoms with Crippen molar-refractivity contribution in [2.24, 2.45) is 0 Å². The van der Waals surface area contributed by atoms with E-state index >= 15 is 0 Å². The van der Waals surface area contributed by atoms with Gasteiger partial charge in [-0.3, -0.25) is 9.69 Å². The number of aliphatic hydroxyl groups excluding tert-OH is 1. The second-order valence-electron chi connectivity index (χ2n) is 8.03. The van der Waals surface area contributed by atoms with Crippen LogP contribution in [0.15, 0.2) is 78.9 Å². The summed E-state index contributed by atoms with van der Waals surface area (Å²) in [5.74, 6) is -0.600. The molecule has 162 valence electrons. The van der Waals surface area contributed by atoms with Gasteiger partial charge in [-0.05, 0) is 48.0 Å². The van der Waals surface area contributed by atoms with Gasteiger partial charge in [0, 0.05) is 29.4 Å². The molecule has 0 aromatic heterocycles. The quantitative estimate of drug-likeness (QED) is 0.662. The van der Waals surface area contributed by atoms with Crippen LogP contribution in [-0.4, -0.2) is 47.2 Å². The van der Waals surface area contributed by atoms with E-state index in [4.69, 9.17) is 0 Å². The lowest BCUT2D eigenvalue weighted by Gasteiger charge is -2.58. The molecule has 7 heteroatoms. The fraction of sp³-hybridized carbons (Fsp3) is 0.200. The molecule has 32 heavy (non-hydrogen) atoms. The van der Waals surface area contributed by atoms with Crippen LogP contribution in [0.2, 0.25) is 0 Å². The summed E-state index contributed by atoms with van der Waals surface area (Å²) in [7, 11) is 0. The topological polar surface area (TPSA) is 72.9 Å². The van der Waals surface area contributed by atoms with Crippen molar-refractivity contribution in [2.75, 3.05) is 23.4 Å². The Hall–Kier alpha value is -3.71. The molecule has 0 saturated carbocycles. The van der Waals surface area contributed by atoms with Gasteiger partial charge in [-0.2, -0.15) is 0 Å². The number of anilines is 2. The van der Waals surface area contributed by atoms with E-state index in [9.17, 15) is 19.1 Å². The summed E-state index contributed by atoms with van der Waals surface area (Å²) in [5, 5.41) is 12.9. The van der Waals surface area contributed by atoms with Gasteiger partial charge in [-0.15, -0.1) is 0 Å². The predicted molar refractivity (Wildman–Crippen MR) is 119 cm³/mol. The zero-order chi connectivity index (χ0) is 22.2. The zero-order valence-corrected chi connectivity index (χ0v) is 17.2. The first-order chi connectivity index (χ1) is 15.6. The molecule has 3 atom stereocenters. The highest BCUT2D eigenvalue weighted by Crippen LogP contribution is 2.48. The molecule has 1 fully saturated rings. The van der Waals surface area contributed by atoms with Crippen LogP contribution in [0.4, 0.5) is 20.6 Å². The molecule has 2 N–H and O–H groups in total. The molecular weight excluding hydrogens is 409 g/mol. The van der Waals surface area contributed by atoms with Crippen molar-refractivity contribution < 1.29 is 19.1 Å². The number of amides is 3. The number of hydrogen-bond acceptors (Lipinski definition) is 3. The van der Waals surface area contributed by atoms with E-state index in [1.165, 1.54) is 24.3 Å². The summed E-state index contributed by atoms with van der Waals surface area (Å²) in [5.41, 5.74) is 2.70. The average Bonchev–Trinajstić information content (AvgIpc) is 2.81. The van der Waals surface area contributed by atoms with Crippen molar-refractivity contribution in [3.8, 4) is 0 Å². The average molecular weight is 431 g/mol. The molecule has 5 rings (SSSR count). The third-order valence-electron chi connectivity index (χ3n) is 6.28. The summed E-state index contributed by atoms with van der Waals surface area (Å²) in [4.78, 5) is 29.7. The van der Waals surface area contributed by atoms with E-state index in [-0.39, 0.29) is 42.4 Å². The van der Waals surface area contributed by atoms with Crippen LogP contribution in [0.25, 0.3) is 0 Å². The third kappa shape index (κ3) is 3.31. The highest BCUT2D eigenvalue weighted by atomic mass is 19.1. The maximum absolute atomic E-state index is 13.2. The second kappa shape index (κ2) is 8.09. The SMILES string of the molecule is O=C(Nc1ccc(F)cc1)N1C[C@@H]2[C@H](c3ccccc31)[C@@H](CO)N2C(=O)c1ccccc1. The maximum atomic E-state index is 13.2. The Morgan fingerprint density at radius 1 is 0.969 bits per heavy atom. The largest absolute Gasteiger partial charge is 0.394 e. The molecule has 0 spiro atoms. The molecule has 3 aromatic rings. The number of para-hydroxylation sites is 1. The Labute approximate surface area is 184 Å². The van der Waals surface area contributed by atoms with Crippen molar-refractivity contribution in [3.05, 3.63) is 95.8 Å². The molecule has 3 aromatic carbocycles. The van der Waals surface area contributed by atoms with Crippen LogP contribution >= 0.6 is 0 Å². The van der Waals surface area contributed by atoms with Gasteiger partial charge >= 0.3 is 6.03 Å². The fourth-order valence-corrected chi connectivity index (χ4v) is 4.81. The number of urea groups is 1. The molecular formula is C25H22FN3O3. The standard InChI is InChI=1S/C25H22FN3O3/c26-17-10-12-18(13-11-17)27-25(32)28-14-21-23(19-8-4-5-9-20(19)28)22(15-30)29(21)24(31)16-6-2-1-3-7-16/h1-13,21-23,30H,14-15H2,(H,27,32)/t21-,22-,23+/m1/s1. The Morgan fingerprint density at radius 2 is 1.66 bits per heavy atom. The van der Waals surface area contributed by atoms with Crippen LogP contribution in [0.1, 0.15) is 21.8 Å². The maximum Gasteiger partial charge on any atom is 0.326 e. The molecule has 2 aliphatic rings. The number of nitrogens with zero attached hydrogens (tertiary/aromatic N) is 2. The van der Waals surface area contributed by atoms with Crippen molar-refractivity contribution in [1.82, 2.24) is 4.90 Å². The molecule has 0 radical (unpaired) electrons. The minimum absolute atomic E-state index is 0.0567. The fourth-order valence-electron chi connectivity index (χ4n) is 4.81. The van der Waals surface area contributed by atoms with E-state index in [1.54, 1.807) is 34.1 Å².